The fourth-order valence-corrected chi connectivity index (χ4v) is 7.28. The van der Waals surface area contributed by atoms with Crippen LogP contribution in [0.4, 0.5) is 0 Å². The summed E-state index contributed by atoms with van der Waals surface area (Å²) < 4.78 is 34.3. The highest BCUT2D eigenvalue weighted by atomic mass is 28.4. The van der Waals surface area contributed by atoms with E-state index in [0.29, 0.717) is 26.4 Å². The van der Waals surface area contributed by atoms with Gasteiger partial charge in [-0.15, -0.1) is 0 Å². The standard InChI is InChI=1S/C16H39NO6Si2/c1-7-20-24(18-5,21-8-2)15-11-13-17-14-12-16-25(19-6,22-9-3)23-10-4/h17H,7-16H2,1-6H3. The summed E-state index contributed by atoms with van der Waals surface area (Å²) in [6, 6.07) is 1.65. The van der Waals surface area contributed by atoms with Crippen molar-refractivity contribution in [1.82, 2.24) is 5.32 Å². The fourth-order valence-electron chi connectivity index (χ4n) is 2.68. The Balaban J connectivity index is 4.07. The SMILES string of the molecule is CCO[Si](CCCNCCC[Si](OC)(OCC)OCC)(OC)OCC. The van der Waals surface area contributed by atoms with E-state index in [1.165, 1.54) is 0 Å². The molecule has 0 spiro atoms. The van der Waals surface area contributed by atoms with E-state index >= 15 is 0 Å². The third kappa shape index (κ3) is 10.2. The molecular weight excluding hydrogens is 358 g/mol. The molecule has 0 aliphatic heterocycles. The summed E-state index contributed by atoms with van der Waals surface area (Å²) in [5.74, 6) is 0. The second-order valence-corrected chi connectivity index (χ2v) is 11.2. The normalized spacial score (nSPS) is 12.7. The van der Waals surface area contributed by atoms with Gasteiger partial charge in [-0.1, -0.05) is 0 Å². The van der Waals surface area contributed by atoms with Crippen molar-refractivity contribution >= 4 is 17.6 Å². The lowest BCUT2D eigenvalue weighted by molar-refractivity contribution is 0.0859. The maximum Gasteiger partial charge on any atom is 0.500 e. The summed E-state index contributed by atoms with van der Waals surface area (Å²) in [5.41, 5.74) is 0. The first-order valence-electron chi connectivity index (χ1n) is 9.44. The van der Waals surface area contributed by atoms with E-state index in [1.54, 1.807) is 14.2 Å². The van der Waals surface area contributed by atoms with Gasteiger partial charge in [0.05, 0.1) is 0 Å². The van der Waals surface area contributed by atoms with E-state index in [0.717, 1.165) is 38.0 Å². The van der Waals surface area contributed by atoms with Gasteiger partial charge in [-0.25, -0.2) is 0 Å². The minimum absolute atomic E-state index is 0.617. The molecule has 0 aliphatic carbocycles. The van der Waals surface area contributed by atoms with Crippen LogP contribution < -0.4 is 5.32 Å². The zero-order chi connectivity index (χ0) is 19.0. The summed E-state index contributed by atoms with van der Waals surface area (Å²) in [5, 5.41) is 3.46. The summed E-state index contributed by atoms with van der Waals surface area (Å²) in [6.45, 7) is 12.2. The summed E-state index contributed by atoms with van der Waals surface area (Å²) in [6.07, 6.45) is 1.92. The molecule has 0 radical (unpaired) electrons. The zero-order valence-corrected chi connectivity index (χ0v) is 19.0. The molecular formula is C16H39NO6Si2. The van der Waals surface area contributed by atoms with Crippen LogP contribution in [0.3, 0.4) is 0 Å². The molecule has 152 valence electrons. The highest BCUT2D eigenvalue weighted by molar-refractivity contribution is 6.61. The van der Waals surface area contributed by atoms with Crippen LogP contribution in [-0.2, 0) is 26.6 Å². The van der Waals surface area contributed by atoms with Crippen molar-refractivity contribution in [3.8, 4) is 0 Å². The Kier molecular flexibility index (Phi) is 15.3. The smallest absolute Gasteiger partial charge is 0.377 e. The Bertz CT molecular complexity index is 272. The third-order valence-corrected chi connectivity index (χ3v) is 9.84. The van der Waals surface area contributed by atoms with Crippen LogP contribution in [-0.4, -0.2) is 71.3 Å². The largest absolute Gasteiger partial charge is 0.500 e. The highest BCUT2D eigenvalue weighted by Crippen LogP contribution is 2.18. The molecule has 0 saturated carbocycles. The van der Waals surface area contributed by atoms with Crippen molar-refractivity contribution in [2.75, 3.05) is 53.7 Å². The van der Waals surface area contributed by atoms with Gasteiger partial charge in [-0.3, -0.25) is 0 Å². The van der Waals surface area contributed by atoms with Crippen LogP contribution in [0.15, 0.2) is 0 Å². The van der Waals surface area contributed by atoms with Crippen LogP contribution in [0.25, 0.3) is 0 Å². The molecule has 0 amide bonds. The summed E-state index contributed by atoms with van der Waals surface area (Å²) >= 11 is 0. The fraction of sp³-hybridized carbons (Fsp3) is 1.00. The number of rotatable bonds is 18. The lowest BCUT2D eigenvalue weighted by atomic mass is 10.4. The molecule has 0 atom stereocenters. The molecule has 0 rings (SSSR count). The van der Waals surface area contributed by atoms with Gasteiger partial charge in [-0.05, 0) is 53.6 Å². The maximum absolute atomic E-state index is 5.78. The molecule has 0 saturated heterocycles. The minimum atomic E-state index is -2.49. The van der Waals surface area contributed by atoms with Gasteiger partial charge >= 0.3 is 17.6 Å². The van der Waals surface area contributed by atoms with Gasteiger partial charge in [0.25, 0.3) is 0 Å². The van der Waals surface area contributed by atoms with E-state index < -0.39 is 17.6 Å². The maximum atomic E-state index is 5.78. The summed E-state index contributed by atoms with van der Waals surface area (Å²) in [7, 11) is -1.61. The molecule has 0 bridgehead atoms. The van der Waals surface area contributed by atoms with E-state index in [4.69, 9.17) is 26.6 Å². The Hall–Kier alpha value is 0.154. The zero-order valence-electron chi connectivity index (χ0n) is 17.0. The Morgan fingerprint density at radius 1 is 0.600 bits per heavy atom. The number of nitrogens with one attached hydrogen (secondary N) is 1. The van der Waals surface area contributed by atoms with Crippen LogP contribution in [0.5, 0.6) is 0 Å². The Morgan fingerprint density at radius 2 is 0.920 bits per heavy atom. The Morgan fingerprint density at radius 3 is 1.16 bits per heavy atom. The molecule has 0 heterocycles. The predicted octanol–water partition coefficient (Wildman–Crippen LogP) is 2.67. The van der Waals surface area contributed by atoms with Crippen LogP contribution in [0, 0.1) is 0 Å². The molecule has 1 N–H and O–H groups in total. The van der Waals surface area contributed by atoms with Gasteiger partial charge < -0.3 is 31.9 Å². The van der Waals surface area contributed by atoms with Crippen molar-refractivity contribution in [2.45, 2.75) is 52.6 Å². The van der Waals surface area contributed by atoms with Crippen molar-refractivity contribution in [3.63, 3.8) is 0 Å². The van der Waals surface area contributed by atoms with Gasteiger partial charge in [0.1, 0.15) is 0 Å². The lowest BCUT2D eigenvalue weighted by Gasteiger charge is -2.27. The first-order chi connectivity index (χ1) is 12.1. The van der Waals surface area contributed by atoms with E-state index in [-0.39, 0.29) is 0 Å². The summed E-state index contributed by atoms with van der Waals surface area (Å²) in [4.78, 5) is 0. The van der Waals surface area contributed by atoms with Gasteiger partial charge in [0.2, 0.25) is 0 Å². The van der Waals surface area contributed by atoms with E-state index in [2.05, 4.69) is 5.32 Å². The van der Waals surface area contributed by atoms with Crippen molar-refractivity contribution in [1.29, 1.82) is 0 Å². The molecule has 0 unspecified atom stereocenters. The minimum Gasteiger partial charge on any atom is -0.377 e. The molecule has 0 aromatic rings. The average molecular weight is 398 g/mol. The third-order valence-electron chi connectivity index (χ3n) is 3.75. The lowest BCUT2D eigenvalue weighted by Crippen LogP contribution is -2.45. The van der Waals surface area contributed by atoms with Crippen LogP contribution in [0.1, 0.15) is 40.5 Å². The van der Waals surface area contributed by atoms with E-state index in [9.17, 15) is 0 Å². The Labute approximate surface area is 156 Å². The molecule has 0 aliphatic rings. The van der Waals surface area contributed by atoms with Gasteiger partial charge in [0.15, 0.2) is 0 Å². The molecule has 0 aromatic carbocycles. The van der Waals surface area contributed by atoms with Gasteiger partial charge in [-0.2, -0.15) is 0 Å². The second kappa shape index (κ2) is 15.2. The van der Waals surface area contributed by atoms with Crippen molar-refractivity contribution in [3.05, 3.63) is 0 Å². The monoisotopic (exact) mass is 397 g/mol. The highest BCUT2D eigenvalue weighted by Gasteiger charge is 2.39. The predicted molar refractivity (Wildman–Crippen MR) is 104 cm³/mol. The van der Waals surface area contributed by atoms with Crippen molar-refractivity contribution < 1.29 is 26.6 Å². The number of hydrogen-bond acceptors (Lipinski definition) is 7. The first kappa shape index (κ1) is 25.2. The second-order valence-electron chi connectivity index (χ2n) is 5.46. The first-order valence-corrected chi connectivity index (χ1v) is 13.3. The quantitative estimate of drug-likeness (QED) is 0.282. The number of hydrogen-bond donors (Lipinski definition) is 1. The van der Waals surface area contributed by atoms with Crippen LogP contribution >= 0.6 is 0 Å². The van der Waals surface area contributed by atoms with Gasteiger partial charge in [0, 0.05) is 52.7 Å². The molecule has 7 nitrogen and oxygen atoms in total. The van der Waals surface area contributed by atoms with E-state index in [1.807, 2.05) is 27.7 Å². The topological polar surface area (TPSA) is 67.4 Å². The van der Waals surface area contributed by atoms with Crippen molar-refractivity contribution in [2.24, 2.45) is 0 Å². The molecule has 0 fully saturated rings. The molecule has 9 heteroatoms. The molecule has 25 heavy (non-hydrogen) atoms. The van der Waals surface area contributed by atoms with Crippen LogP contribution in [0.2, 0.25) is 12.1 Å². The molecule has 0 aromatic heterocycles. The average Bonchev–Trinajstić information content (AvgIpc) is 2.61.